The number of terminal acetylenes is 1. The minimum absolute atomic E-state index is 0.400. The Morgan fingerprint density at radius 1 is 1.47 bits per heavy atom. The molecule has 1 aromatic rings. The predicted molar refractivity (Wildman–Crippen MR) is 64.9 cm³/mol. The van der Waals surface area contributed by atoms with Gasteiger partial charge in [0.05, 0.1) is 11.6 Å². The standard InChI is InChI=1S/C13H13ClO/c1-3-9-15-13-7-5-11(6-8-13)10-12(14)4-2/h2,5-8,10H,3,9H2,1H3/b12-10+. The van der Waals surface area contributed by atoms with Gasteiger partial charge in [-0.3, -0.25) is 0 Å². The summed E-state index contributed by atoms with van der Waals surface area (Å²) in [5.41, 5.74) is 0.974. The topological polar surface area (TPSA) is 9.23 Å². The van der Waals surface area contributed by atoms with Gasteiger partial charge in [0, 0.05) is 0 Å². The summed E-state index contributed by atoms with van der Waals surface area (Å²) in [6.07, 6.45) is 7.89. The van der Waals surface area contributed by atoms with Gasteiger partial charge in [-0.25, -0.2) is 0 Å². The summed E-state index contributed by atoms with van der Waals surface area (Å²) in [5.74, 6) is 3.22. The number of rotatable bonds is 4. The molecule has 78 valence electrons. The Bertz CT molecular complexity index is 371. The van der Waals surface area contributed by atoms with Gasteiger partial charge in [0.1, 0.15) is 5.75 Å². The second-order valence-electron chi connectivity index (χ2n) is 3.05. The molecule has 0 heterocycles. The summed E-state index contributed by atoms with van der Waals surface area (Å²) >= 11 is 5.72. The van der Waals surface area contributed by atoms with E-state index in [1.807, 2.05) is 24.3 Å². The highest BCUT2D eigenvalue weighted by Crippen LogP contribution is 2.15. The number of halogens is 1. The predicted octanol–water partition coefficient (Wildman–Crippen LogP) is 3.69. The van der Waals surface area contributed by atoms with Crippen LogP contribution < -0.4 is 4.74 Å². The Balaban J connectivity index is 2.69. The average molecular weight is 221 g/mol. The van der Waals surface area contributed by atoms with Crippen molar-refractivity contribution in [3.63, 3.8) is 0 Å². The van der Waals surface area contributed by atoms with Crippen LogP contribution in [-0.4, -0.2) is 6.61 Å². The highest BCUT2D eigenvalue weighted by molar-refractivity contribution is 6.34. The molecule has 0 spiro atoms. The fraction of sp³-hybridized carbons (Fsp3) is 0.231. The lowest BCUT2D eigenvalue weighted by Gasteiger charge is -2.03. The van der Waals surface area contributed by atoms with Crippen LogP contribution in [0.15, 0.2) is 29.3 Å². The molecule has 15 heavy (non-hydrogen) atoms. The first-order valence-electron chi connectivity index (χ1n) is 4.83. The maximum Gasteiger partial charge on any atom is 0.119 e. The second-order valence-corrected chi connectivity index (χ2v) is 3.46. The van der Waals surface area contributed by atoms with Crippen molar-refractivity contribution >= 4 is 17.7 Å². The van der Waals surface area contributed by atoms with Crippen molar-refractivity contribution in [2.24, 2.45) is 0 Å². The average Bonchev–Trinajstić information content (AvgIpc) is 2.28. The van der Waals surface area contributed by atoms with Crippen LogP contribution >= 0.6 is 11.6 Å². The summed E-state index contributed by atoms with van der Waals surface area (Å²) in [6, 6.07) is 7.65. The van der Waals surface area contributed by atoms with Crippen molar-refractivity contribution in [3.8, 4) is 18.1 Å². The van der Waals surface area contributed by atoms with Crippen LogP contribution in [0.2, 0.25) is 0 Å². The molecule has 1 nitrogen and oxygen atoms in total. The van der Waals surface area contributed by atoms with Gasteiger partial charge in [0.2, 0.25) is 0 Å². The number of hydrogen-bond donors (Lipinski definition) is 0. The Labute approximate surface area is 95.7 Å². The maximum absolute atomic E-state index is 5.72. The molecule has 1 rings (SSSR count). The number of benzene rings is 1. The minimum Gasteiger partial charge on any atom is -0.494 e. The van der Waals surface area contributed by atoms with Crippen LogP contribution in [0.3, 0.4) is 0 Å². The summed E-state index contributed by atoms with van der Waals surface area (Å²) in [4.78, 5) is 0. The molecule has 0 radical (unpaired) electrons. The third kappa shape index (κ3) is 4.10. The molecule has 0 aliphatic rings. The SMILES string of the molecule is C#C/C(Cl)=C\c1ccc(OCCC)cc1. The van der Waals surface area contributed by atoms with Gasteiger partial charge in [-0.05, 0) is 30.2 Å². The highest BCUT2D eigenvalue weighted by atomic mass is 35.5. The summed E-state index contributed by atoms with van der Waals surface area (Å²) in [7, 11) is 0. The quantitative estimate of drug-likeness (QED) is 0.704. The third-order valence-corrected chi connectivity index (χ3v) is 2.00. The van der Waals surface area contributed by atoms with E-state index in [4.69, 9.17) is 22.8 Å². The van der Waals surface area contributed by atoms with Crippen molar-refractivity contribution in [1.29, 1.82) is 0 Å². The summed E-state index contributed by atoms with van der Waals surface area (Å²) in [6.45, 7) is 2.81. The Hall–Kier alpha value is -1.39. The van der Waals surface area contributed by atoms with Crippen LogP contribution in [0.5, 0.6) is 5.75 Å². The molecule has 0 aliphatic carbocycles. The molecule has 1 aromatic carbocycles. The van der Waals surface area contributed by atoms with Gasteiger partial charge in [-0.1, -0.05) is 36.6 Å². The van der Waals surface area contributed by atoms with E-state index >= 15 is 0 Å². The van der Waals surface area contributed by atoms with Crippen molar-refractivity contribution in [3.05, 3.63) is 34.9 Å². The van der Waals surface area contributed by atoms with Crippen molar-refractivity contribution in [2.45, 2.75) is 13.3 Å². The van der Waals surface area contributed by atoms with Crippen LogP contribution in [0.25, 0.3) is 6.08 Å². The molecule has 0 saturated carbocycles. The third-order valence-electron chi connectivity index (χ3n) is 1.78. The fourth-order valence-electron chi connectivity index (χ4n) is 1.07. The van der Waals surface area contributed by atoms with Gasteiger partial charge < -0.3 is 4.74 Å². The normalized spacial score (nSPS) is 10.9. The van der Waals surface area contributed by atoms with E-state index in [0.717, 1.165) is 24.3 Å². The van der Waals surface area contributed by atoms with E-state index in [1.54, 1.807) is 6.08 Å². The molecule has 0 saturated heterocycles. The molecule has 0 atom stereocenters. The first-order valence-corrected chi connectivity index (χ1v) is 5.20. The van der Waals surface area contributed by atoms with E-state index in [2.05, 4.69) is 12.8 Å². The molecule has 0 fully saturated rings. The van der Waals surface area contributed by atoms with Gasteiger partial charge in [0.25, 0.3) is 0 Å². The van der Waals surface area contributed by atoms with Crippen LogP contribution in [0, 0.1) is 12.3 Å². The lowest BCUT2D eigenvalue weighted by molar-refractivity contribution is 0.317. The van der Waals surface area contributed by atoms with E-state index in [0.29, 0.717) is 5.03 Å². The first kappa shape index (κ1) is 11.7. The first-order chi connectivity index (χ1) is 7.26. The summed E-state index contributed by atoms with van der Waals surface area (Å²) in [5, 5.41) is 0.400. The van der Waals surface area contributed by atoms with Gasteiger partial charge in [-0.15, -0.1) is 6.42 Å². The van der Waals surface area contributed by atoms with Crippen LogP contribution in [0.1, 0.15) is 18.9 Å². The number of ether oxygens (including phenoxy) is 1. The second kappa shape index (κ2) is 6.16. The fourth-order valence-corrected chi connectivity index (χ4v) is 1.19. The smallest absolute Gasteiger partial charge is 0.119 e. The zero-order valence-electron chi connectivity index (χ0n) is 8.66. The Morgan fingerprint density at radius 2 is 2.13 bits per heavy atom. The molecule has 0 unspecified atom stereocenters. The largest absolute Gasteiger partial charge is 0.494 e. The van der Waals surface area contributed by atoms with Crippen LogP contribution in [0.4, 0.5) is 0 Å². The van der Waals surface area contributed by atoms with Crippen LogP contribution in [-0.2, 0) is 0 Å². The van der Waals surface area contributed by atoms with Gasteiger partial charge in [0.15, 0.2) is 0 Å². The van der Waals surface area contributed by atoms with Crippen molar-refractivity contribution in [2.75, 3.05) is 6.61 Å². The van der Waals surface area contributed by atoms with E-state index < -0.39 is 0 Å². The van der Waals surface area contributed by atoms with E-state index in [1.165, 1.54) is 0 Å². The number of hydrogen-bond acceptors (Lipinski definition) is 1. The molecule has 0 aliphatic heterocycles. The zero-order chi connectivity index (χ0) is 11.1. The molecule has 0 aromatic heterocycles. The lowest BCUT2D eigenvalue weighted by atomic mass is 10.2. The Kier molecular flexibility index (Phi) is 4.80. The zero-order valence-corrected chi connectivity index (χ0v) is 9.42. The molecule has 0 bridgehead atoms. The van der Waals surface area contributed by atoms with E-state index in [-0.39, 0.29) is 0 Å². The molecular formula is C13H13ClO. The van der Waals surface area contributed by atoms with Gasteiger partial charge >= 0.3 is 0 Å². The molecule has 0 N–H and O–H groups in total. The molecule has 2 heteroatoms. The number of allylic oxidation sites excluding steroid dienone is 1. The van der Waals surface area contributed by atoms with Crippen molar-refractivity contribution in [1.82, 2.24) is 0 Å². The maximum atomic E-state index is 5.72. The molecular weight excluding hydrogens is 208 g/mol. The molecule has 0 amide bonds. The van der Waals surface area contributed by atoms with Gasteiger partial charge in [-0.2, -0.15) is 0 Å². The van der Waals surface area contributed by atoms with Crippen molar-refractivity contribution < 1.29 is 4.74 Å². The minimum atomic E-state index is 0.400. The monoisotopic (exact) mass is 220 g/mol. The highest BCUT2D eigenvalue weighted by Gasteiger charge is 1.93. The summed E-state index contributed by atoms with van der Waals surface area (Å²) < 4.78 is 5.45. The Morgan fingerprint density at radius 3 is 2.67 bits per heavy atom. The lowest BCUT2D eigenvalue weighted by Crippen LogP contribution is -1.94. The van der Waals surface area contributed by atoms with E-state index in [9.17, 15) is 0 Å².